The largest absolute Gasteiger partial charge is 0.481 e. The number of carbonyl (C=O) groups is 1. The van der Waals surface area contributed by atoms with Gasteiger partial charge in [0.2, 0.25) is 0 Å². The van der Waals surface area contributed by atoms with Gasteiger partial charge in [-0.3, -0.25) is 9.89 Å². The van der Waals surface area contributed by atoms with E-state index in [4.69, 9.17) is 5.11 Å². The lowest BCUT2D eigenvalue weighted by atomic mass is 10.3. The summed E-state index contributed by atoms with van der Waals surface area (Å²) in [5, 5.41) is 14.8. The van der Waals surface area contributed by atoms with Crippen LogP contribution in [0.3, 0.4) is 0 Å². The van der Waals surface area contributed by atoms with Crippen molar-refractivity contribution < 1.29 is 18.3 Å². The number of aromatic nitrogens is 3. The Balaban J connectivity index is 2.27. The third-order valence-electron chi connectivity index (χ3n) is 2.39. The topological polar surface area (TPSA) is 128 Å². The van der Waals surface area contributed by atoms with Crippen LogP contribution < -0.4 is 4.72 Å². The average Bonchev–Trinajstić information content (AvgIpc) is 2.84. The number of hydrogen-bond donors (Lipinski definition) is 3. The summed E-state index contributed by atoms with van der Waals surface area (Å²) >= 11 is 0. The van der Waals surface area contributed by atoms with Crippen molar-refractivity contribution in [2.24, 2.45) is 0 Å². The van der Waals surface area contributed by atoms with Crippen molar-refractivity contribution >= 4 is 16.2 Å². The number of carboxylic acid groups (broad SMARTS) is 1. The van der Waals surface area contributed by atoms with Crippen LogP contribution in [-0.4, -0.2) is 59.1 Å². The van der Waals surface area contributed by atoms with E-state index in [-0.39, 0.29) is 19.5 Å². The molecule has 0 unspecified atom stereocenters. The molecule has 108 valence electrons. The van der Waals surface area contributed by atoms with E-state index < -0.39 is 16.2 Å². The highest BCUT2D eigenvalue weighted by Gasteiger charge is 2.17. The Labute approximate surface area is 111 Å². The fraction of sp³-hybridized carbons (Fsp3) is 0.667. The zero-order chi connectivity index (χ0) is 14.3. The molecule has 0 saturated heterocycles. The fourth-order valence-corrected chi connectivity index (χ4v) is 2.25. The fourth-order valence-electron chi connectivity index (χ4n) is 1.29. The highest BCUT2D eigenvalue weighted by atomic mass is 32.2. The molecule has 0 fully saturated rings. The number of carboxylic acids is 1. The third-order valence-corrected chi connectivity index (χ3v) is 3.96. The molecule has 0 aliphatic carbocycles. The van der Waals surface area contributed by atoms with E-state index >= 15 is 0 Å². The van der Waals surface area contributed by atoms with E-state index in [0.29, 0.717) is 18.7 Å². The van der Waals surface area contributed by atoms with Crippen LogP contribution in [0.2, 0.25) is 0 Å². The minimum absolute atomic E-state index is 0.0627. The maximum atomic E-state index is 11.7. The van der Waals surface area contributed by atoms with Gasteiger partial charge >= 0.3 is 5.97 Å². The molecular weight excluding hydrogens is 274 g/mol. The summed E-state index contributed by atoms with van der Waals surface area (Å²) in [4.78, 5) is 14.3. The molecule has 0 aliphatic heterocycles. The van der Waals surface area contributed by atoms with Gasteiger partial charge in [-0.25, -0.2) is 9.71 Å². The number of nitrogens with one attached hydrogen (secondary N) is 2. The Morgan fingerprint density at radius 1 is 1.58 bits per heavy atom. The first-order valence-electron chi connectivity index (χ1n) is 5.69. The van der Waals surface area contributed by atoms with E-state index in [1.54, 1.807) is 0 Å². The number of rotatable bonds is 9. The molecule has 0 radical (unpaired) electrons. The van der Waals surface area contributed by atoms with Crippen LogP contribution in [0.5, 0.6) is 0 Å². The maximum Gasteiger partial charge on any atom is 0.304 e. The number of nitrogens with zero attached hydrogens (tertiary/aromatic N) is 3. The zero-order valence-electron chi connectivity index (χ0n) is 10.5. The van der Waals surface area contributed by atoms with Crippen molar-refractivity contribution in [2.75, 3.05) is 20.1 Å². The Bertz CT molecular complexity index is 487. The Hall–Kier alpha value is -1.52. The van der Waals surface area contributed by atoms with E-state index in [1.165, 1.54) is 13.4 Å². The van der Waals surface area contributed by atoms with Gasteiger partial charge in [0.15, 0.2) is 0 Å². The molecule has 1 heterocycles. The first kappa shape index (κ1) is 15.5. The van der Waals surface area contributed by atoms with Crippen molar-refractivity contribution in [3.8, 4) is 0 Å². The highest BCUT2D eigenvalue weighted by Crippen LogP contribution is 1.97. The van der Waals surface area contributed by atoms with Crippen LogP contribution in [0.25, 0.3) is 0 Å². The first-order valence-corrected chi connectivity index (χ1v) is 7.13. The summed E-state index contributed by atoms with van der Waals surface area (Å²) in [6.45, 7) is 0.188. The molecule has 0 aliphatic rings. The number of aryl methyl sites for hydroxylation is 1. The molecule has 0 bridgehead atoms. The predicted molar refractivity (Wildman–Crippen MR) is 66.5 cm³/mol. The summed E-state index contributed by atoms with van der Waals surface area (Å²) in [5.41, 5.74) is 0. The monoisotopic (exact) mass is 291 g/mol. The molecule has 1 aromatic rings. The average molecular weight is 291 g/mol. The van der Waals surface area contributed by atoms with Gasteiger partial charge in [0.1, 0.15) is 12.2 Å². The van der Waals surface area contributed by atoms with Gasteiger partial charge < -0.3 is 5.11 Å². The molecular formula is C9H17N5O4S. The van der Waals surface area contributed by atoms with Gasteiger partial charge in [0.05, 0.1) is 6.42 Å². The van der Waals surface area contributed by atoms with Crippen LogP contribution in [0, 0.1) is 0 Å². The van der Waals surface area contributed by atoms with Crippen molar-refractivity contribution in [1.29, 1.82) is 0 Å². The zero-order valence-corrected chi connectivity index (χ0v) is 11.4. The summed E-state index contributed by atoms with van der Waals surface area (Å²) in [5.74, 6) is -0.342. The molecule has 0 amide bonds. The number of H-pyrrole nitrogens is 1. The molecule has 0 aromatic carbocycles. The first-order chi connectivity index (χ1) is 8.92. The molecule has 0 saturated carbocycles. The smallest absolute Gasteiger partial charge is 0.304 e. The molecule has 19 heavy (non-hydrogen) atoms. The van der Waals surface area contributed by atoms with Gasteiger partial charge in [0, 0.05) is 26.6 Å². The van der Waals surface area contributed by atoms with Crippen molar-refractivity contribution in [1.82, 2.24) is 24.2 Å². The normalized spacial score (nSPS) is 11.9. The summed E-state index contributed by atoms with van der Waals surface area (Å²) in [7, 11) is -2.29. The molecule has 0 spiro atoms. The second-order valence-electron chi connectivity index (χ2n) is 3.90. The molecule has 1 aromatic heterocycles. The van der Waals surface area contributed by atoms with Gasteiger partial charge in [-0.2, -0.15) is 17.8 Å². The van der Waals surface area contributed by atoms with Gasteiger partial charge in [0.25, 0.3) is 10.2 Å². The van der Waals surface area contributed by atoms with Crippen LogP contribution >= 0.6 is 0 Å². The van der Waals surface area contributed by atoms with Crippen molar-refractivity contribution in [3.05, 3.63) is 12.2 Å². The van der Waals surface area contributed by atoms with Crippen LogP contribution in [0.4, 0.5) is 0 Å². The SMILES string of the molecule is CN(CCC(=O)O)S(=O)(=O)NCCCc1ncn[nH]1. The number of hydrogen-bond acceptors (Lipinski definition) is 5. The molecule has 3 N–H and O–H groups in total. The molecule has 0 atom stereocenters. The van der Waals surface area contributed by atoms with Gasteiger partial charge in [-0.15, -0.1) is 0 Å². The van der Waals surface area contributed by atoms with Crippen LogP contribution in [0.15, 0.2) is 6.33 Å². The molecule has 9 nitrogen and oxygen atoms in total. The maximum absolute atomic E-state index is 11.7. The quantitative estimate of drug-likeness (QED) is 0.499. The highest BCUT2D eigenvalue weighted by molar-refractivity contribution is 7.87. The predicted octanol–water partition coefficient (Wildman–Crippen LogP) is -1.02. The minimum atomic E-state index is -3.62. The lowest BCUT2D eigenvalue weighted by Crippen LogP contribution is -2.39. The third kappa shape index (κ3) is 5.77. The molecule has 10 heteroatoms. The Kier molecular flexibility index (Phi) is 5.86. The summed E-state index contributed by atoms with van der Waals surface area (Å²) in [6, 6.07) is 0. The van der Waals surface area contributed by atoms with Crippen LogP contribution in [-0.2, 0) is 21.4 Å². The minimum Gasteiger partial charge on any atom is -0.481 e. The summed E-state index contributed by atoms with van der Waals surface area (Å²) < 4.78 is 26.8. The van der Waals surface area contributed by atoms with E-state index in [2.05, 4.69) is 19.9 Å². The molecule has 1 rings (SSSR count). The Morgan fingerprint density at radius 3 is 2.89 bits per heavy atom. The second-order valence-corrected chi connectivity index (χ2v) is 5.76. The van der Waals surface area contributed by atoms with Gasteiger partial charge in [-0.1, -0.05) is 0 Å². The lowest BCUT2D eigenvalue weighted by Gasteiger charge is -2.16. The second kappa shape index (κ2) is 7.16. The lowest BCUT2D eigenvalue weighted by molar-refractivity contribution is -0.137. The number of aromatic amines is 1. The van der Waals surface area contributed by atoms with Crippen molar-refractivity contribution in [2.45, 2.75) is 19.3 Å². The van der Waals surface area contributed by atoms with Crippen LogP contribution in [0.1, 0.15) is 18.7 Å². The van der Waals surface area contributed by atoms with E-state index in [9.17, 15) is 13.2 Å². The van der Waals surface area contributed by atoms with E-state index in [0.717, 1.165) is 4.31 Å². The Morgan fingerprint density at radius 2 is 2.32 bits per heavy atom. The van der Waals surface area contributed by atoms with E-state index in [1.807, 2.05) is 0 Å². The number of aliphatic carboxylic acids is 1. The van der Waals surface area contributed by atoms with Crippen molar-refractivity contribution in [3.63, 3.8) is 0 Å². The summed E-state index contributed by atoms with van der Waals surface area (Å²) in [6.07, 6.45) is 2.32. The standard InChI is InChI=1S/C9H17N5O4S/c1-14(6-4-9(15)16)19(17,18)12-5-2-3-8-10-7-11-13-8/h7,12H,2-6H2,1H3,(H,15,16)(H,10,11,13). The van der Waals surface area contributed by atoms with Gasteiger partial charge in [-0.05, 0) is 6.42 Å².